The predicted molar refractivity (Wildman–Crippen MR) is 107 cm³/mol. The maximum atomic E-state index is 13.9. The van der Waals surface area contributed by atoms with Gasteiger partial charge >= 0.3 is 12.1 Å². The maximum Gasteiger partial charge on any atom is 0.493 e. The molecule has 0 aliphatic carbocycles. The van der Waals surface area contributed by atoms with Crippen LogP contribution in [0.15, 0.2) is 24.5 Å². The molecule has 0 bridgehead atoms. The van der Waals surface area contributed by atoms with Gasteiger partial charge in [0.1, 0.15) is 34.5 Å². The lowest BCUT2D eigenvalue weighted by molar-refractivity contribution is -0.199. The number of carbonyl (C=O) groups is 1. The van der Waals surface area contributed by atoms with Gasteiger partial charge in [0, 0.05) is 12.6 Å². The smallest absolute Gasteiger partial charge is 0.487 e. The van der Waals surface area contributed by atoms with Gasteiger partial charge in [-0.1, -0.05) is 11.6 Å². The van der Waals surface area contributed by atoms with E-state index in [0.717, 1.165) is 35.9 Å². The number of halogens is 5. The Labute approximate surface area is 182 Å². The molecule has 1 aromatic carbocycles. The van der Waals surface area contributed by atoms with Crippen LogP contribution in [-0.4, -0.2) is 34.8 Å². The summed E-state index contributed by atoms with van der Waals surface area (Å²) in [6.45, 7) is 3.22. The van der Waals surface area contributed by atoms with Crippen LogP contribution in [0, 0.1) is 12.7 Å². The van der Waals surface area contributed by atoms with Gasteiger partial charge in [-0.25, -0.2) is 19.2 Å². The van der Waals surface area contributed by atoms with E-state index >= 15 is 0 Å². The number of rotatable bonds is 6. The molecular weight excluding hydrogens is 464 g/mol. The number of nitrogens with two attached hydrogens (primary N) is 1. The van der Waals surface area contributed by atoms with Crippen LogP contribution in [0.25, 0.3) is 10.2 Å². The minimum atomic E-state index is -5.31. The van der Waals surface area contributed by atoms with Crippen LogP contribution in [-0.2, 0) is 9.63 Å². The molecule has 1 unspecified atom stereocenters. The Morgan fingerprint density at radius 1 is 1.35 bits per heavy atom. The van der Waals surface area contributed by atoms with E-state index < -0.39 is 24.1 Å². The summed E-state index contributed by atoms with van der Waals surface area (Å²) in [5, 5.41) is 0.781. The second kappa shape index (κ2) is 8.81. The van der Waals surface area contributed by atoms with Gasteiger partial charge in [0.2, 0.25) is 0 Å². The summed E-state index contributed by atoms with van der Waals surface area (Å²) in [5.74, 6) is -3.66. The van der Waals surface area contributed by atoms with Gasteiger partial charge in [-0.2, -0.15) is 18.2 Å². The fourth-order valence-electron chi connectivity index (χ4n) is 2.54. The lowest BCUT2D eigenvalue weighted by Gasteiger charge is -2.26. The summed E-state index contributed by atoms with van der Waals surface area (Å²) in [4.78, 5) is 24.8. The zero-order valence-corrected chi connectivity index (χ0v) is 17.6. The molecule has 2 heterocycles. The van der Waals surface area contributed by atoms with Crippen molar-refractivity contribution < 1.29 is 31.9 Å². The average Bonchev–Trinajstić information content (AvgIpc) is 2.99. The molecule has 166 valence electrons. The summed E-state index contributed by atoms with van der Waals surface area (Å²) >= 11 is 7.22. The van der Waals surface area contributed by atoms with E-state index in [4.69, 9.17) is 22.1 Å². The summed E-state index contributed by atoms with van der Waals surface area (Å²) in [7, 11) is 0. The van der Waals surface area contributed by atoms with Gasteiger partial charge in [-0.3, -0.25) is 0 Å². The standard InChI is InChI=1S/C18H15ClF4N4O3S/c1-8(6-24)29-12-5-10(20)3-4-11(12)27(30-17(28)18(21,22)23)15-13-9(2)14(19)31-16(13)26-7-25-15/h3-5,7-8H,6,24H2,1-2H3. The van der Waals surface area contributed by atoms with Crippen molar-refractivity contribution in [2.24, 2.45) is 5.73 Å². The maximum absolute atomic E-state index is 13.9. The third-order valence-electron chi connectivity index (χ3n) is 4.05. The van der Waals surface area contributed by atoms with Crippen LogP contribution in [0.5, 0.6) is 5.75 Å². The van der Waals surface area contributed by atoms with Crippen LogP contribution in [0.2, 0.25) is 4.34 Å². The average molecular weight is 479 g/mol. The molecule has 0 radical (unpaired) electrons. The highest BCUT2D eigenvalue weighted by atomic mass is 35.5. The molecule has 3 aromatic rings. The molecule has 0 spiro atoms. The molecule has 31 heavy (non-hydrogen) atoms. The molecule has 0 saturated heterocycles. The molecule has 0 saturated carbocycles. The van der Waals surface area contributed by atoms with E-state index in [1.165, 1.54) is 0 Å². The van der Waals surface area contributed by atoms with Crippen molar-refractivity contribution in [2.45, 2.75) is 26.1 Å². The lowest BCUT2D eigenvalue weighted by Crippen LogP contribution is -2.33. The largest absolute Gasteiger partial charge is 0.493 e. The molecular formula is C18H15ClF4N4O3S. The lowest BCUT2D eigenvalue weighted by atomic mass is 10.2. The molecule has 0 fully saturated rings. The Bertz CT molecular complexity index is 1130. The number of ether oxygens (including phenoxy) is 1. The Morgan fingerprint density at radius 2 is 2.06 bits per heavy atom. The van der Waals surface area contributed by atoms with Crippen molar-refractivity contribution in [3.05, 3.63) is 40.2 Å². The van der Waals surface area contributed by atoms with Crippen molar-refractivity contribution in [3.63, 3.8) is 0 Å². The van der Waals surface area contributed by atoms with E-state index in [-0.39, 0.29) is 29.2 Å². The number of anilines is 2. The van der Waals surface area contributed by atoms with Crippen molar-refractivity contribution in [2.75, 3.05) is 11.6 Å². The van der Waals surface area contributed by atoms with Gasteiger partial charge in [-0.05, 0) is 31.5 Å². The zero-order chi connectivity index (χ0) is 22.9. The van der Waals surface area contributed by atoms with Crippen LogP contribution < -0.4 is 15.5 Å². The van der Waals surface area contributed by atoms with Crippen LogP contribution in [0.1, 0.15) is 12.5 Å². The molecule has 2 N–H and O–H groups in total. The quantitative estimate of drug-likeness (QED) is 0.406. The topological polar surface area (TPSA) is 90.6 Å². The third-order valence-corrected chi connectivity index (χ3v) is 5.55. The first kappa shape index (κ1) is 23.0. The Kier molecular flexibility index (Phi) is 6.53. The summed E-state index contributed by atoms with van der Waals surface area (Å²) < 4.78 is 58.8. The summed E-state index contributed by atoms with van der Waals surface area (Å²) in [6, 6.07) is 2.99. The normalized spacial score (nSPS) is 12.6. The number of carbonyl (C=O) groups excluding carboxylic acids is 1. The fourth-order valence-corrected chi connectivity index (χ4v) is 3.72. The second-order valence-corrected chi connectivity index (χ2v) is 7.93. The van der Waals surface area contributed by atoms with E-state index in [1.54, 1.807) is 13.8 Å². The predicted octanol–water partition coefficient (Wildman–Crippen LogP) is 4.68. The molecule has 7 nitrogen and oxygen atoms in total. The fraction of sp³-hybridized carbons (Fsp3) is 0.278. The van der Waals surface area contributed by atoms with Crippen molar-refractivity contribution in [3.8, 4) is 5.75 Å². The molecule has 0 aliphatic rings. The molecule has 1 atom stereocenters. The van der Waals surface area contributed by atoms with Gasteiger partial charge in [0.25, 0.3) is 0 Å². The zero-order valence-electron chi connectivity index (χ0n) is 16.0. The van der Waals surface area contributed by atoms with Crippen LogP contribution in [0.4, 0.5) is 29.1 Å². The van der Waals surface area contributed by atoms with Gasteiger partial charge in [0.15, 0.2) is 5.82 Å². The molecule has 0 aliphatic heterocycles. The monoisotopic (exact) mass is 478 g/mol. The number of hydrogen-bond donors (Lipinski definition) is 1. The Hall–Kier alpha value is -2.70. The summed E-state index contributed by atoms with van der Waals surface area (Å²) in [6.07, 6.45) is -4.86. The highest BCUT2D eigenvalue weighted by Crippen LogP contribution is 2.42. The van der Waals surface area contributed by atoms with Gasteiger partial charge < -0.3 is 15.3 Å². The first-order valence-corrected chi connectivity index (χ1v) is 9.87. The highest BCUT2D eigenvalue weighted by Gasteiger charge is 2.44. The minimum Gasteiger partial charge on any atom is -0.487 e. The van der Waals surface area contributed by atoms with E-state index in [9.17, 15) is 22.4 Å². The van der Waals surface area contributed by atoms with Crippen molar-refractivity contribution >= 4 is 50.6 Å². The molecule has 2 aromatic heterocycles. The van der Waals surface area contributed by atoms with Gasteiger partial charge in [-0.15, -0.1) is 11.3 Å². The molecule has 3 rings (SSSR count). The van der Waals surface area contributed by atoms with E-state index in [2.05, 4.69) is 14.8 Å². The first-order valence-electron chi connectivity index (χ1n) is 8.68. The van der Waals surface area contributed by atoms with Crippen LogP contribution in [0.3, 0.4) is 0 Å². The third kappa shape index (κ3) is 4.81. The Balaban J connectivity index is 2.24. The van der Waals surface area contributed by atoms with E-state index in [1.807, 2.05) is 0 Å². The number of nitrogens with zero attached hydrogens (tertiary/aromatic N) is 3. The van der Waals surface area contributed by atoms with Crippen molar-refractivity contribution in [1.82, 2.24) is 9.97 Å². The first-order chi connectivity index (χ1) is 14.5. The number of hydrogen-bond acceptors (Lipinski definition) is 8. The van der Waals surface area contributed by atoms with E-state index in [0.29, 0.717) is 19.8 Å². The van der Waals surface area contributed by atoms with Gasteiger partial charge in [0.05, 0.1) is 9.72 Å². The SMILES string of the molecule is Cc1c(Cl)sc2ncnc(N(OC(=O)C(F)(F)F)c3ccc(F)cc3OC(C)CN)c12. The number of aryl methyl sites for hydroxylation is 1. The van der Waals surface area contributed by atoms with Crippen LogP contribution >= 0.6 is 22.9 Å². The number of benzene rings is 1. The number of aromatic nitrogens is 2. The summed E-state index contributed by atoms with van der Waals surface area (Å²) in [5.41, 5.74) is 5.79. The number of thiophene rings is 1. The van der Waals surface area contributed by atoms with Crippen molar-refractivity contribution in [1.29, 1.82) is 0 Å². The Morgan fingerprint density at radius 3 is 2.71 bits per heavy atom. The molecule has 13 heteroatoms. The highest BCUT2D eigenvalue weighted by molar-refractivity contribution is 7.22. The minimum absolute atomic E-state index is 0.0370. The number of fused-ring (bicyclic) bond motifs is 1. The second-order valence-electron chi connectivity index (χ2n) is 6.33. The molecule has 0 amide bonds. The number of alkyl halides is 3.